The van der Waals surface area contributed by atoms with Crippen LogP contribution in [0.15, 0.2) is 169 Å². The average molecular weight is 777 g/mol. The van der Waals surface area contributed by atoms with Crippen molar-refractivity contribution >= 4 is 5.97 Å². The number of nitrogens with zero attached hydrogens (tertiary/aromatic N) is 6. The quantitative estimate of drug-likeness (QED) is 0.0850. The van der Waals surface area contributed by atoms with Crippen molar-refractivity contribution in [2.45, 2.75) is 45.2 Å². The second-order valence-corrected chi connectivity index (χ2v) is 14.6. The third-order valence-electron chi connectivity index (χ3n) is 10.9. The Morgan fingerprint density at radius 2 is 1.22 bits per heavy atom. The maximum absolute atomic E-state index is 14.2. The van der Waals surface area contributed by atoms with Gasteiger partial charge in [-0.05, 0) is 74.8 Å². The maximum atomic E-state index is 14.2. The lowest BCUT2D eigenvalue weighted by Crippen LogP contribution is -2.39. The molecule has 8 aromatic rings. The van der Waals surface area contributed by atoms with Crippen LogP contribution in [-0.2, 0) is 29.7 Å². The molecule has 0 radical (unpaired) electrons. The van der Waals surface area contributed by atoms with Crippen LogP contribution in [0, 0.1) is 6.92 Å². The molecule has 0 N–H and O–H groups in total. The largest absolute Gasteiger partial charge is 0.465 e. The van der Waals surface area contributed by atoms with Crippen molar-refractivity contribution in [2.75, 3.05) is 7.11 Å². The summed E-state index contributed by atoms with van der Waals surface area (Å²) in [6.07, 6.45) is 1.94. The lowest BCUT2D eigenvalue weighted by Gasteiger charge is -2.36. The molecule has 292 valence electrons. The first-order valence-electron chi connectivity index (χ1n) is 19.8. The summed E-state index contributed by atoms with van der Waals surface area (Å²) < 4.78 is 8.61. The van der Waals surface area contributed by atoms with Gasteiger partial charge in [0.2, 0.25) is 0 Å². The molecule has 59 heavy (non-hydrogen) atoms. The predicted molar refractivity (Wildman–Crippen MR) is 230 cm³/mol. The number of aryl methyl sites for hydroxylation is 2. The zero-order valence-electron chi connectivity index (χ0n) is 33.3. The van der Waals surface area contributed by atoms with E-state index in [1.165, 1.54) is 7.11 Å². The van der Waals surface area contributed by atoms with E-state index in [1.54, 1.807) is 12.1 Å². The molecule has 0 unspecified atom stereocenters. The summed E-state index contributed by atoms with van der Waals surface area (Å²) in [5.74, 6) is 0.988. The average Bonchev–Trinajstić information content (AvgIpc) is 3.78. The first-order valence-corrected chi connectivity index (χ1v) is 19.8. The summed E-state index contributed by atoms with van der Waals surface area (Å²) in [4.78, 5) is 31.2. The van der Waals surface area contributed by atoms with Crippen LogP contribution in [0.3, 0.4) is 0 Å². The van der Waals surface area contributed by atoms with Gasteiger partial charge in [-0.15, -0.1) is 5.10 Å². The Morgan fingerprint density at radius 1 is 0.678 bits per heavy atom. The Labute approximate surface area is 343 Å². The summed E-state index contributed by atoms with van der Waals surface area (Å²) in [6, 6.07) is 54.8. The van der Waals surface area contributed by atoms with Crippen molar-refractivity contribution in [1.82, 2.24) is 29.8 Å². The van der Waals surface area contributed by atoms with E-state index in [1.807, 2.05) is 58.6 Å². The zero-order chi connectivity index (χ0) is 40.8. The molecule has 2 aromatic heterocycles. The molecule has 0 bridgehead atoms. The number of esters is 1. The number of hydrogen-bond acceptors (Lipinski definition) is 7. The molecule has 0 aliphatic rings. The Bertz CT molecular complexity index is 2650. The summed E-state index contributed by atoms with van der Waals surface area (Å²) in [6.45, 7) is 4.37. The van der Waals surface area contributed by atoms with Crippen molar-refractivity contribution in [3.63, 3.8) is 0 Å². The molecule has 0 amide bonds. The van der Waals surface area contributed by atoms with Crippen LogP contribution in [0.25, 0.3) is 22.5 Å². The molecule has 0 spiro atoms. The van der Waals surface area contributed by atoms with Crippen LogP contribution in [0.5, 0.6) is 0 Å². The minimum atomic E-state index is -0.892. The highest BCUT2D eigenvalue weighted by Gasteiger charge is 2.42. The van der Waals surface area contributed by atoms with Crippen LogP contribution in [0.4, 0.5) is 0 Å². The minimum Gasteiger partial charge on any atom is -0.465 e. The second kappa shape index (κ2) is 17.1. The van der Waals surface area contributed by atoms with Crippen molar-refractivity contribution in [2.24, 2.45) is 0 Å². The number of ether oxygens (including phenoxy) is 1. The monoisotopic (exact) mass is 776 g/mol. The van der Waals surface area contributed by atoms with Gasteiger partial charge < -0.3 is 4.74 Å². The van der Waals surface area contributed by atoms with Crippen molar-refractivity contribution in [3.05, 3.63) is 225 Å². The molecule has 0 saturated heterocycles. The highest BCUT2D eigenvalue weighted by Crippen LogP contribution is 2.43. The summed E-state index contributed by atoms with van der Waals surface area (Å²) in [5.41, 5.74) is 8.67. The molecule has 6 aromatic carbocycles. The van der Waals surface area contributed by atoms with Gasteiger partial charge in [0.15, 0.2) is 5.82 Å². The topological polar surface area (TPSA) is 105 Å². The predicted octanol–water partition coefficient (Wildman–Crippen LogP) is 9.09. The highest BCUT2D eigenvalue weighted by molar-refractivity contribution is 5.89. The Morgan fingerprint density at radius 3 is 1.78 bits per heavy atom. The minimum absolute atomic E-state index is 0.0574. The van der Waals surface area contributed by atoms with Gasteiger partial charge in [0.25, 0.3) is 5.56 Å². The number of benzene rings is 6. The first-order chi connectivity index (χ1) is 28.9. The molecule has 8 rings (SSSR count). The van der Waals surface area contributed by atoms with Gasteiger partial charge in [0.1, 0.15) is 11.4 Å². The third kappa shape index (κ3) is 7.50. The van der Waals surface area contributed by atoms with E-state index in [9.17, 15) is 9.59 Å². The molecule has 9 nitrogen and oxygen atoms in total. The van der Waals surface area contributed by atoms with Gasteiger partial charge >= 0.3 is 5.97 Å². The van der Waals surface area contributed by atoms with E-state index in [0.717, 1.165) is 62.4 Å². The lowest BCUT2D eigenvalue weighted by atomic mass is 9.77. The molecular formula is C50H44N6O3. The molecule has 0 aliphatic heterocycles. The van der Waals surface area contributed by atoms with Crippen LogP contribution in [0.2, 0.25) is 0 Å². The van der Waals surface area contributed by atoms with Crippen molar-refractivity contribution in [1.29, 1.82) is 0 Å². The molecular weight excluding hydrogens is 733 g/mol. The Hall–Kier alpha value is -7.26. The molecule has 9 heteroatoms. The fourth-order valence-electron chi connectivity index (χ4n) is 8.01. The smallest absolute Gasteiger partial charge is 0.337 e. The van der Waals surface area contributed by atoms with Crippen LogP contribution in [-0.4, -0.2) is 42.8 Å². The summed E-state index contributed by atoms with van der Waals surface area (Å²) >= 11 is 0. The number of methoxy groups -OCH3 is 1. The van der Waals surface area contributed by atoms with Gasteiger partial charge in [-0.25, -0.2) is 14.5 Å². The van der Waals surface area contributed by atoms with Gasteiger partial charge in [0.05, 0.1) is 19.2 Å². The van der Waals surface area contributed by atoms with E-state index in [-0.39, 0.29) is 5.56 Å². The Kier molecular flexibility index (Phi) is 11.2. The number of tetrazole rings is 1. The van der Waals surface area contributed by atoms with Crippen molar-refractivity contribution < 1.29 is 9.53 Å². The van der Waals surface area contributed by atoms with E-state index in [0.29, 0.717) is 36.3 Å². The maximum Gasteiger partial charge on any atom is 0.337 e. The lowest BCUT2D eigenvalue weighted by molar-refractivity contribution is 0.0600. The molecule has 2 heterocycles. The number of hydrogen-bond donors (Lipinski definition) is 0. The van der Waals surface area contributed by atoms with E-state index in [4.69, 9.17) is 20.0 Å². The second-order valence-electron chi connectivity index (χ2n) is 14.6. The van der Waals surface area contributed by atoms with Crippen LogP contribution in [0.1, 0.15) is 68.6 Å². The fourth-order valence-corrected chi connectivity index (χ4v) is 8.01. The van der Waals surface area contributed by atoms with E-state index < -0.39 is 11.5 Å². The molecule has 0 saturated carbocycles. The number of rotatable bonds is 13. The van der Waals surface area contributed by atoms with Gasteiger partial charge in [-0.3, -0.25) is 9.36 Å². The number of aromatic nitrogens is 6. The van der Waals surface area contributed by atoms with Gasteiger partial charge in [-0.2, -0.15) is 0 Å². The standard InChI is InChI=1S/C50H44N6O3/c1-4-16-46-51-35(2)45(33-36-25-31-39(32-26-36)49(58)59-3)48(57)55(46)34-37-27-29-38(30-28-37)43-23-14-15-24-44(43)47-52-53-54-56(47)50(40-17-8-5-9-18-40,41-19-10-6-11-20-41)42-21-12-7-13-22-42/h5-15,17-32H,4,16,33-34H2,1-3H3. The first kappa shape index (κ1) is 38.6. The van der Waals surface area contributed by atoms with E-state index >= 15 is 0 Å². The molecule has 0 aliphatic carbocycles. The molecule has 0 fully saturated rings. The highest BCUT2D eigenvalue weighted by atomic mass is 16.5. The summed E-state index contributed by atoms with van der Waals surface area (Å²) in [7, 11) is 1.36. The SMILES string of the molecule is CCCc1nc(C)c(Cc2ccc(C(=O)OC)cc2)c(=O)n1Cc1ccc(-c2ccccc2-c2nnnn2C(c2ccccc2)(c2ccccc2)c2ccccc2)cc1. The van der Waals surface area contributed by atoms with Crippen molar-refractivity contribution in [3.8, 4) is 22.5 Å². The fraction of sp³-hybridized carbons (Fsp3) is 0.160. The Balaban J connectivity index is 1.17. The van der Waals surface area contributed by atoms with Crippen LogP contribution >= 0.6 is 0 Å². The van der Waals surface area contributed by atoms with Crippen LogP contribution < -0.4 is 5.56 Å². The summed E-state index contributed by atoms with van der Waals surface area (Å²) in [5, 5.41) is 13.8. The molecule has 0 atom stereocenters. The van der Waals surface area contributed by atoms with E-state index in [2.05, 4.69) is 121 Å². The zero-order valence-corrected chi connectivity index (χ0v) is 33.3. The normalized spacial score (nSPS) is 11.4. The van der Waals surface area contributed by atoms with Gasteiger partial charge in [-0.1, -0.05) is 159 Å². The van der Waals surface area contributed by atoms with Gasteiger partial charge in [0, 0.05) is 29.7 Å². The number of carbonyl (C=O) groups is 1. The third-order valence-corrected chi connectivity index (χ3v) is 10.9. The number of carbonyl (C=O) groups excluding carboxylic acids is 1.